The molecule has 0 aliphatic heterocycles. The largest absolute Gasteiger partial charge is 0.350 e. The fourth-order valence-electron chi connectivity index (χ4n) is 0.700. The summed E-state index contributed by atoms with van der Waals surface area (Å²) in [5.41, 5.74) is 5.43. The second kappa shape index (κ2) is 4.45. The molecule has 3 nitrogen and oxygen atoms in total. The second-order valence-corrected chi connectivity index (χ2v) is 3.74. The van der Waals surface area contributed by atoms with Crippen LogP contribution >= 0.6 is 0 Å². The first-order chi connectivity index (χ1) is 5.43. The molecule has 0 aromatic rings. The maximum atomic E-state index is 11.3. The Hall–Kier alpha value is -0.570. The van der Waals surface area contributed by atoms with Gasteiger partial charge in [0.2, 0.25) is 5.91 Å². The molecule has 1 atom stereocenters. The Morgan fingerprint density at radius 3 is 2.33 bits per heavy atom. The average Bonchev–Trinajstić information content (AvgIpc) is 2.02. The topological polar surface area (TPSA) is 55.1 Å². The van der Waals surface area contributed by atoms with E-state index in [4.69, 9.17) is 5.73 Å². The molecule has 0 fully saturated rings. The van der Waals surface area contributed by atoms with Crippen molar-refractivity contribution in [3.05, 3.63) is 0 Å². The predicted octanol–water partition coefficient (Wildman–Crippen LogP) is 1.03. The standard InChI is InChI=1S/C9H20N2O/c1-5-7(10)8(12)11-9(3,4)6-2/h7H,5-6,10H2,1-4H3,(H,11,12)/t7-/m0/s1. The first kappa shape index (κ1) is 11.4. The van der Waals surface area contributed by atoms with Gasteiger partial charge in [0.15, 0.2) is 0 Å². The van der Waals surface area contributed by atoms with E-state index in [2.05, 4.69) is 5.32 Å². The van der Waals surface area contributed by atoms with Crippen LogP contribution < -0.4 is 11.1 Å². The molecule has 0 rings (SSSR count). The first-order valence-corrected chi connectivity index (χ1v) is 4.50. The normalized spacial score (nSPS) is 14.1. The van der Waals surface area contributed by atoms with Gasteiger partial charge in [0, 0.05) is 5.54 Å². The third-order valence-electron chi connectivity index (χ3n) is 2.12. The molecule has 72 valence electrons. The SMILES string of the molecule is CC[C@H](N)C(=O)NC(C)(C)CC. The Morgan fingerprint density at radius 1 is 1.50 bits per heavy atom. The van der Waals surface area contributed by atoms with Crippen molar-refractivity contribution in [2.24, 2.45) is 5.73 Å². The fourth-order valence-corrected chi connectivity index (χ4v) is 0.700. The molecule has 0 aliphatic carbocycles. The molecule has 0 aromatic carbocycles. The van der Waals surface area contributed by atoms with Crippen LogP contribution in [0, 0.1) is 0 Å². The first-order valence-electron chi connectivity index (χ1n) is 4.50. The lowest BCUT2D eigenvalue weighted by atomic mass is 10.0. The molecular formula is C9H20N2O. The minimum atomic E-state index is -0.365. The van der Waals surface area contributed by atoms with Gasteiger partial charge in [0.05, 0.1) is 6.04 Å². The van der Waals surface area contributed by atoms with E-state index in [0.717, 1.165) is 6.42 Å². The number of carbonyl (C=O) groups is 1. The van der Waals surface area contributed by atoms with Crippen LogP contribution in [0.15, 0.2) is 0 Å². The number of hydrogen-bond donors (Lipinski definition) is 2. The lowest BCUT2D eigenvalue weighted by Gasteiger charge is -2.26. The highest BCUT2D eigenvalue weighted by molar-refractivity contribution is 5.82. The zero-order chi connectivity index (χ0) is 9.78. The summed E-state index contributed by atoms with van der Waals surface area (Å²) in [4.78, 5) is 11.3. The average molecular weight is 172 g/mol. The van der Waals surface area contributed by atoms with E-state index in [1.54, 1.807) is 0 Å². The molecule has 0 aliphatic rings. The van der Waals surface area contributed by atoms with E-state index >= 15 is 0 Å². The number of rotatable bonds is 4. The highest BCUT2D eigenvalue weighted by atomic mass is 16.2. The van der Waals surface area contributed by atoms with Crippen LogP contribution in [0.25, 0.3) is 0 Å². The van der Waals surface area contributed by atoms with Crippen LogP contribution in [-0.2, 0) is 4.79 Å². The monoisotopic (exact) mass is 172 g/mol. The van der Waals surface area contributed by atoms with Crippen LogP contribution in [0.4, 0.5) is 0 Å². The van der Waals surface area contributed by atoms with Crippen molar-refractivity contribution in [1.82, 2.24) is 5.32 Å². The van der Waals surface area contributed by atoms with Crippen molar-refractivity contribution < 1.29 is 4.79 Å². The van der Waals surface area contributed by atoms with Crippen LogP contribution in [0.1, 0.15) is 40.5 Å². The summed E-state index contributed by atoms with van der Waals surface area (Å²) >= 11 is 0. The van der Waals surface area contributed by atoms with Crippen LogP contribution in [0.3, 0.4) is 0 Å². The second-order valence-electron chi connectivity index (χ2n) is 3.74. The molecule has 0 saturated heterocycles. The zero-order valence-electron chi connectivity index (χ0n) is 8.48. The Balaban J connectivity index is 4.00. The van der Waals surface area contributed by atoms with Gasteiger partial charge in [-0.1, -0.05) is 13.8 Å². The molecule has 0 heterocycles. The van der Waals surface area contributed by atoms with Crippen molar-refractivity contribution in [2.75, 3.05) is 0 Å². The zero-order valence-corrected chi connectivity index (χ0v) is 8.48. The van der Waals surface area contributed by atoms with Gasteiger partial charge >= 0.3 is 0 Å². The van der Waals surface area contributed by atoms with Crippen LogP contribution in [0.5, 0.6) is 0 Å². The summed E-state index contributed by atoms with van der Waals surface area (Å²) in [7, 11) is 0. The summed E-state index contributed by atoms with van der Waals surface area (Å²) in [6.07, 6.45) is 1.60. The van der Waals surface area contributed by atoms with Gasteiger partial charge in [-0.05, 0) is 26.7 Å². The molecule has 0 radical (unpaired) electrons. The molecule has 1 amide bonds. The number of hydrogen-bond acceptors (Lipinski definition) is 2. The number of nitrogens with two attached hydrogens (primary N) is 1. The molecule has 0 saturated carbocycles. The maximum Gasteiger partial charge on any atom is 0.237 e. The lowest BCUT2D eigenvalue weighted by Crippen LogP contribution is -2.49. The lowest BCUT2D eigenvalue weighted by molar-refractivity contribution is -0.124. The highest BCUT2D eigenvalue weighted by Crippen LogP contribution is 2.06. The summed E-state index contributed by atoms with van der Waals surface area (Å²) in [5, 5.41) is 2.89. The van der Waals surface area contributed by atoms with Crippen molar-refractivity contribution >= 4 is 5.91 Å². The Morgan fingerprint density at radius 2 is 2.00 bits per heavy atom. The van der Waals surface area contributed by atoms with E-state index < -0.39 is 0 Å². The van der Waals surface area contributed by atoms with Gasteiger partial charge in [-0.2, -0.15) is 0 Å². The molecule has 0 aromatic heterocycles. The molecule has 0 bridgehead atoms. The fraction of sp³-hybridized carbons (Fsp3) is 0.889. The molecule has 0 unspecified atom stereocenters. The van der Waals surface area contributed by atoms with Crippen molar-refractivity contribution in [1.29, 1.82) is 0 Å². The Kier molecular flexibility index (Phi) is 4.24. The third kappa shape index (κ3) is 3.72. The summed E-state index contributed by atoms with van der Waals surface area (Å²) in [6, 6.07) is -0.365. The Labute approximate surface area is 74.7 Å². The quantitative estimate of drug-likeness (QED) is 0.665. The summed E-state index contributed by atoms with van der Waals surface area (Å²) in [6.45, 7) is 7.93. The minimum Gasteiger partial charge on any atom is -0.350 e. The van der Waals surface area contributed by atoms with Crippen LogP contribution in [0.2, 0.25) is 0 Å². The molecular weight excluding hydrogens is 152 g/mol. The van der Waals surface area contributed by atoms with Gasteiger partial charge in [-0.15, -0.1) is 0 Å². The van der Waals surface area contributed by atoms with Crippen molar-refractivity contribution in [2.45, 2.75) is 52.1 Å². The van der Waals surface area contributed by atoms with E-state index in [1.165, 1.54) is 0 Å². The van der Waals surface area contributed by atoms with Crippen LogP contribution in [-0.4, -0.2) is 17.5 Å². The van der Waals surface area contributed by atoms with E-state index in [1.807, 2.05) is 27.7 Å². The van der Waals surface area contributed by atoms with Gasteiger partial charge in [-0.3, -0.25) is 4.79 Å². The summed E-state index contributed by atoms with van der Waals surface area (Å²) in [5.74, 6) is -0.0515. The molecule has 3 N–H and O–H groups in total. The summed E-state index contributed by atoms with van der Waals surface area (Å²) < 4.78 is 0. The molecule has 3 heteroatoms. The van der Waals surface area contributed by atoms with E-state index in [-0.39, 0.29) is 17.5 Å². The highest BCUT2D eigenvalue weighted by Gasteiger charge is 2.20. The van der Waals surface area contributed by atoms with Gasteiger partial charge in [0.1, 0.15) is 0 Å². The maximum absolute atomic E-state index is 11.3. The van der Waals surface area contributed by atoms with E-state index in [9.17, 15) is 4.79 Å². The van der Waals surface area contributed by atoms with Gasteiger partial charge < -0.3 is 11.1 Å². The van der Waals surface area contributed by atoms with Gasteiger partial charge in [-0.25, -0.2) is 0 Å². The minimum absolute atomic E-state index is 0.0515. The molecule has 0 spiro atoms. The molecule has 12 heavy (non-hydrogen) atoms. The smallest absolute Gasteiger partial charge is 0.237 e. The third-order valence-corrected chi connectivity index (χ3v) is 2.12. The van der Waals surface area contributed by atoms with Gasteiger partial charge in [0.25, 0.3) is 0 Å². The number of carbonyl (C=O) groups excluding carboxylic acids is 1. The van der Waals surface area contributed by atoms with Crippen molar-refractivity contribution in [3.8, 4) is 0 Å². The number of amides is 1. The van der Waals surface area contributed by atoms with Crippen molar-refractivity contribution in [3.63, 3.8) is 0 Å². The van der Waals surface area contributed by atoms with E-state index in [0.29, 0.717) is 6.42 Å². The predicted molar refractivity (Wildman–Crippen MR) is 50.8 cm³/mol. The number of nitrogens with one attached hydrogen (secondary N) is 1. The Bertz CT molecular complexity index is 155.